The van der Waals surface area contributed by atoms with Crippen molar-refractivity contribution in [2.45, 2.75) is 37.7 Å². The number of benzene rings is 1. The number of carboxylic acids is 1. The normalized spacial score (nSPS) is 23.0. The summed E-state index contributed by atoms with van der Waals surface area (Å²) in [7, 11) is 0. The van der Waals surface area contributed by atoms with Crippen molar-refractivity contribution < 1.29 is 32.6 Å². The van der Waals surface area contributed by atoms with Crippen LogP contribution in [0.2, 0.25) is 0 Å². The molecule has 148 valence electrons. The van der Waals surface area contributed by atoms with Gasteiger partial charge in [-0.2, -0.15) is 13.2 Å². The molecular formula is C18H21F3N2O4. The fourth-order valence-corrected chi connectivity index (χ4v) is 3.72. The molecule has 0 radical (unpaired) electrons. The highest BCUT2D eigenvalue weighted by Crippen LogP contribution is 2.38. The molecule has 1 spiro atoms. The highest BCUT2D eigenvalue weighted by atomic mass is 19.4. The SMILES string of the molecule is CCN1CCC2(CC1)OCC(C(=O)O)N2C(=O)c1ccc(C(F)(F)F)cc1. The van der Waals surface area contributed by atoms with Crippen molar-refractivity contribution in [3.05, 3.63) is 35.4 Å². The smallest absolute Gasteiger partial charge is 0.416 e. The number of carbonyl (C=O) groups excluding carboxylic acids is 1. The van der Waals surface area contributed by atoms with Gasteiger partial charge in [0.05, 0.1) is 12.2 Å². The van der Waals surface area contributed by atoms with Crippen molar-refractivity contribution in [3.8, 4) is 0 Å². The van der Waals surface area contributed by atoms with E-state index in [0.717, 1.165) is 30.8 Å². The number of amides is 1. The summed E-state index contributed by atoms with van der Waals surface area (Å²) in [5.74, 6) is -1.82. The Bertz CT molecular complexity index is 712. The maximum Gasteiger partial charge on any atom is 0.416 e. The summed E-state index contributed by atoms with van der Waals surface area (Å²) in [5.41, 5.74) is -1.89. The van der Waals surface area contributed by atoms with Gasteiger partial charge >= 0.3 is 12.1 Å². The van der Waals surface area contributed by atoms with Crippen LogP contribution in [0.1, 0.15) is 35.7 Å². The van der Waals surface area contributed by atoms with Gasteiger partial charge in [0, 0.05) is 31.5 Å². The van der Waals surface area contributed by atoms with Gasteiger partial charge in [-0.15, -0.1) is 0 Å². The molecule has 1 amide bonds. The first-order valence-electron chi connectivity index (χ1n) is 8.78. The topological polar surface area (TPSA) is 70.1 Å². The Hall–Kier alpha value is -2.13. The van der Waals surface area contributed by atoms with Crippen LogP contribution in [0.5, 0.6) is 0 Å². The molecule has 2 aliphatic rings. The predicted octanol–water partition coefficient (Wildman–Crippen LogP) is 2.44. The van der Waals surface area contributed by atoms with E-state index in [1.165, 1.54) is 4.90 Å². The molecule has 1 aromatic rings. The van der Waals surface area contributed by atoms with Gasteiger partial charge in [-0.1, -0.05) is 6.92 Å². The Morgan fingerprint density at radius 2 is 1.81 bits per heavy atom. The average molecular weight is 386 g/mol. The lowest BCUT2D eigenvalue weighted by molar-refractivity contribution is -0.143. The van der Waals surface area contributed by atoms with E-state index in [2.05, 4.69) is 4.90 Å². The zero-order chi connectivity index (χ0) is 19.8. The van der Waals surface area contributed by atoms with Crippen LogP contribution in [0.25, 0.3) is 0 Å². The molecule has 27 heavy (non-hydrogen) atoms. The van der Waals surface area contributed by atoms with E-state index < -0.39 is 35.4 Å². The number of alkyl halides is 3. The second-order valence-electron chi connectivity index (χ2n) is 6.80. The average Bonchev–Trinajstić information content (AvgIpc) is 3.00. The third kappa shape index (κ3) is 3.66. The number of ether oxygens (including phenoxy) is 1. The van der Waals surface area contributed by atoms with Gasteiger partial charge in [0.25, 0.3) is 5.91 Å². The van der Waals surface area contributed by atoms with Crippen LogP contribution < -0.4 is 0 Å². The molecule has 2 fully saturated rings. The van der Waals surface area contributed by atoms with E-state index in [-0.39, 0.29) is 12.2 Å². The Labute approximate surface area is 154 Å². The minimum atomic E-state index is -4.50. The van der Waals surface area contributed by atoms with Crippen molar-refractivity contribution in [2.24, 2.45) is 0 Å². The lowest BCUT2D eigenvalue weighted by atomic mass is 9.96. The quantitative estimate of drug-likeness (QED) is 0.864. The molecule has 3 rings (SSSR count). The molecule has 2 aliphatic heterocycles. The maximum atomic E-state index is 13.0. The summed E-state index contributed by atoms with van der Waals surface area (Å²) in [6.45, 7) is 4.02. The van der Waals surface area contributed by atoms with Crippen molar-refractivity contribution in [1.82, 2.24) is 9.80 Å². The first-order valence-corrected chi connectivity index (χ1v) is 8.78. The van der Waals surface area contributed by atoms with Crippen LogP contribution in [0, 0.1) is 0 Å². The molecule has 1 aromatic carbocycles. The second-order valence-corrected chi connectivity index (χ2v) is 6.80. The van der Waals surface area contributed by atoms with Crippen molar-refractivity contribution in [1.29, 1.82) is 0 Å². The standard InChI is InChI=1S/C18H21F3N2O4/c1-2-22-9-7-17(8-10-22)23(14(11-27-17)16(25)26)15(24)12-3-5-13(6-4-12)18(19,20)21/h3-6,14H,2,7-11H2,1H3,(H,25,26). The second kappa shape index (κ2) is 7.12. The van der Waals surface area contributed by atoms with Gasteiger partial charge in [-0.25, -0.2) is 4.79 Å². The zero-order valence-electron chi connectivity index (χ0n) is 14.8. The summed E-state index contributed by atoms with van der Waals surface area (Å²) >= 11 is 0. The number of nitrogens with zero attached hydrogens (tertiary/aromatic N) is 2. The third-order valence-electron chi connectivity index (χ3n) is 5.31. The predicted molar refractivity (Wildman–Crippen MR) is 89.1 cm³/mol. The highest BCUT2D eigenvalue weighted by molar-refractivity contribution is 5.97. The monoisotopic (exact) mass is 386 g/mol. The number of halogens is 3. The van der Waals surface area contributed by atoms with E-state index in [1.54, 1.807) is 0 Å². The summed E-state index contributed by atoms with van der Waals surface area (Å²) in [6.07, 6.45) is -3.59. The molecule has 2 heterocycles. The Kier molecular flexibility index (Phi) is 5.18. The minimum Gasteiger partial charge on any atom is -0.480 e. The Morgan fingerprint density at radius 3 is 2.30 bits per heavy atom. The van der Waals surface area contributed by atoms with Gasteiger partial charge in [-0.05, 0) is 30.8 Å². The number of hydrogen-bond donors (Lipinski definition) is 1. The van der Waals surface area contributed by atoms with Crippen LogP contribution in [-0.4, -0.2) is 64.8 Å². The molecule has 0 bridgehead atoms. The lowest BCUT2D eigenvalue weighted by Gasteiger charge is -2.44. The van der Waals surface area contributed by atoms with E-state index >= 15 is 0 Å². The highest BCUT2D eigenvalue weighted by Gasteiger charge is 2.54. The summed E-state index contributed by atoms with van der Waals surface area (Å²) in [4.78, 5) is 28.1. The minimum absolute atomic E-state index is 0.0112. The first kappa shape index (κ1) is 19.6. The van der Waals surface area contributed by atoms with Crippen molar-refractivity contribution in [2.75, 3.05) is 26.2 Å². The summed E-state index contributed by atoms with van der Waals surface area (Å²) < 4.78 is 44.0. The molecule has 0 aliphatic carbocycles. The largest absolute Gasteiger partial charge is 0.480 e. The van der Waals surface area contributed by atoms with Gasteiger partial charge in [0.15, 0.2) is 6.04 Å². The molecule has 1 N–H and O–H groups in total. The number of rotatable bonds is 3. The molecule has 9 heteroatoms. The van der Waals surface area contributed by atoms with Crippen LogP contribution in [0.4, 0.5) is 13.2 Å². The van der Waals surface area contributed by atoms with E-state index in [1.807, 2.05) is 6.92 Å². The third-order valence-corrected chi connectivity index (χ3v) is 5.31. The lowest BCUT2D eigenvalue weighted by Crippen LogP contribution is -2.58. The van der Waals surface area contributed by atoms with Crippen LogP contribution in [0.15, 0.2) is 24.3 Å². The van der Waals surface area contributed by atoms with Crippen LogP contribution >= 0.6 is 0 Å². The molecular weight excluding hydrogens is 365 g/mol. The van der Waals surface area contributed by atoms with E-state index in [4.69, 9.17) is 4.74 Å². The zero-order valence-corrected chi connectivity index (χ0v) is 14.8. The molecule has 1 atom stereocenters. The van der Waals surface area contributed by atoms with Crippen LogP contribution in [-0.2, 0) is 15.7 Å². The number of piperidine rings is 1. The fourth-order valence-electron chi connectivity index (χ4n) is 3.72. The van der Waals surface area contributed by atoms with Crippen LogP contribution in [0.3, 0.4) is 0 Å². The van der Waals surface area contributed by atoms with Gasteiger partial charge in [-0.3, -0.25) is 9.69 Å². The van der Waals surface area contributed by atoms with E-state index in [9.17, 15) is 27.9 Å². The molecule has 0 aromatic heterocycles. The number of hydrogen-bond acceptors (Lipinski definition) is 4. The Balaban J connectivity index is 1.89. The van der Waals surface area contributed by atoms with Gasteiger partial charge < -0.3 is 14.7 Å². The number of likely N-dealkylation sites (tertiary alicyclic amines) is 1. The maximum absolute atomic E-state index is 13.0. The fraction of sp³-hybridized carbons (Fsp3) is 0.556. The number of carboxylic acid groups (broad SMARTS) is 1. The molecule has 0 saturated carbocycles. The van der Waals surface area contributed by atoms with Crippen molar-refractivity contribution in [3.63, 3.8) is 0 Å². The summed E-state index contributed by atoms with van der Waals surface area (Å²) in [5, 5.41) is 9.51. The first-order chi connectivity index (χ1) is 12.7. The number of carbonyl (C=O) groups is 2. The van der Waals surface area contributed by atoms with Gasteiger partial charge in [0.2, 0.25) is 0 Å². The number of aliphatic carboxylic acids is 1. The molecule has 2 saturated heterocycles. The molecule has 1 unspecified atom stereocenters. The van der Waals surface area contributed by atoms with E-state index in [0.29, 0.717) is 25.9 Å². The van der Waals surface area contributed by atoms with Gasteiger partial charge in [0.1, 0.15) is 5.72 Å². The summed E-state index contributed by atoms with van der Waals surface area (Å²) in [6, 6.07) is 2.65. The van der Waals surface area contributed by atoms with Crippen molar-refractivity contribution >= 4 is 11.9 Å². The Morgan fingerprint density at radius 1 is 1.22 bits per heavy atom. The molecule has 6 nitrogen and oxygen atoms in total.